The first-order valence-electron chi connectivity index (χ1n) is 8.31. The van der Waals surface area contributed by atoms with E-state index in [0.717, 1.165) is 4.47 Å². The highest BCUT2D eigenvalue weighted by Gasteiger charge is 2.36. The van der Waals surface area contributed by atoms with Crippen molar-refractivity contribution in [2.75, 3.05) is 46.9 Å². The Kier molecular flexibility index (Phi) is 7.74. The van der Waals surface area contributed by atoms with Crippen molar-refractivity contribution >= 4 is 37.8 Å². The van der Waals surface area contributed by atoms with Gasteiger partial charge in [-0.3, -0.25) is 9.59 Å². The number of nitrogens with zero attached hydrogens (tertiary/aromatic N) is 2. The molecule has 2 rings (SSSR count). The topological polar surface area (TPSA) is 108 Å². The summed E-state index contributed by atoms with van der Waals surface area (Å²) in [6, 6.07) is 6.26. The second-order valence-electron chi connectivity index (χ2n) is 6.16. The lowest BCUT2D eigenvalue weighted by molar-refractivity contribution is -0.139. The molecular weight excluding hydrogens is 440 g/mol. The van der Waals surface area contributed by atoms with Crippen molar-refractivity contribution in [1.29, 1.82) is 0 Å². The first-order valence-corrected chi connectivity index (χ1v) is 10.5. The quantitative estimate of drug-likeness (QED) is 0.533. The maximum atomic E-state index is 12.8. The van der Waals surface area contributed by atoms with Crippen LogP contribution in [0, 0.1) is 0 Å². The van der Waals surface area contributed by atoms with E-state index in [2.05, 4.69) is 26.6 Å². The second kappa shape index (κ2) is 9.60. The molecule has 2 amide bonds. The van der Waals surface area contributed by atoms with E-state index in [1.54, 1.807) is 12.1 Å². The largest absolute Gasteiger partial charge is 0.359 e. The fraction of sp³-hybridized carbons (Fsp3) is 0.500. The van der Waals surface area contributed by atoms with Crippen LogP contribution in [0.2, 0.25) is 0 Å². The minimum absolute atomic E-state index is 0.115. The van der Waals surface area contributed by atoms with Crippen LogP contribution in [-0.2, 0) is 24.3 Å². The van der Waals surface area contributed by atoms with E-state index in [-0.39, 0.29) is 24.6 Å². The van der Waals surface area contributed by atoms with Gasteiger partial charge in [-0.15, -0.1) is 0 Å². The summed E-state index contributed by atoms with van der Waals surface area (Å²) in [5.74, 6) is -1.59. The molecule has 150 valence electrons. The van der Waals surface area contributed by atoms with E-state index < -0.39 is 28.1 Å². The molecule has 0 aromatic heterocycles. The average Bonchev–Trinajstić information content (AvgIpc) is 3.09. The first-order chi connectivity index (χ1) is 12.7. The van der Waals surface area contributed by atoms with E-state index in [1.165, 1.54) is 16.4 Å². The predicted octanol–water partition coefficient (Wildman–Crippen LogP) is -0.410. The molecule has 1 aliphatic heterocycles. The number of likely N-dealkylation sites (N-methyl/N-ethyl adjacent to an activating group) is 1. The summed E-state index contributed by atoms with van der Waals surface area (Å²) in [4.78, 5) is 25.6. The number of rotatable bonds is 7. The lowest BCUT2D eigenvalue weighted by Crippen LogP contribution is -2.48. The van der Waals surface area contributed by atoms with Gasteiger partial charge in [-0.25, -0.2) is 8.42 Å². The van der Waals surface area contributed by atoms with Crippen LogP contribution in [0.15, 0.2) is 33.6 Å². The molecule has 0 bridgehead atoms. The van der Waals surface area contributed by atoms with Gasteiger partial charge < -0.3 is 20.3 Å². The molecule has 2 N–H and O–H groups in total. The van der Waals surface area contributed by atoms with Crippen molar-refractivity contribution in [2.24, 2.45) is 0 Å². The third-order valence-corrected chi connectivity index (χ3v) is 6.28. The number of hydrogen-bond acceptors (Lipinski definition) is 6. The van der Waals surface area contributed by atoms with Crippen molar-refractivity contribution in [2.45, 2.75) is 11.1 Å². The molecule has 11 heteroatoms. The Morgan fingerprint density at radius 2 is 1.85 bits per heavy atom. The van der Waals surface area contributed by atoms with Crippen LogP contribution in [0.1, 0.15) is 0 Å². The number of ether oxygens (including phenoxy) is 1. The number of hydrogen-bond donors (Lipinski definition) is 2. The zero-order chi connectivity index (χ0) is 20.0. The summed E-state index contributed by atoms with van der Waals surface area (Å²) >= 11 is 3.27. The molecule has 0 saturated carbocycles. The monoisotopic (exact) mass is 462 g/mol. The van der Waals surface area contributed by atoms with Crippen LogP contribution in [0.4, 0.5) is 0 Å². The zero-order valence-corrected chi connectivity index (χ0v) is 17.5. The van der Waals surface area contributed by atoms with E-state index in [9.17, 15) is 18.0 Å². The van der Waals surface area contributed by atoms with Gasteiger partial charge in [-0.05, 0) is 38.4 Å². The van der Waals surface area contributed by atoms with E-state index >= 15 is 0 Å². The maximum absolute atomic E-state index is 12.8. The molecule has 1 aromatic rings. The molecule has 1 aromatic carbocycles. The Balaban J connectivity index is 1.93. The van der Waals surface area contributed by atoms with E-state index in [1.807, 2.05) is 19.0 Å². The van der Waals surface area contributed by atoms with Crippen molar-refractivity contribution in [3.8, 4) is 0 Å². The number of halogens is 1. The molecule has 1 atom stereocenters. The van der Waals surface area contributed by atoms with E-state index in [4.69, 9.17) is 4.74 Å². The van der Waals surface area contributed by atoms with Crippen LogP contribution in [0.5, 0.6) is 0 Å². The van der Waals surface area contributed by atoms with Gasteiger partial charge in [0.2, 0.25) is 10.0 Å². The molecule has 1 fully saturated rings. The molecule has 0 spiro atoms. The molecule has 9 nitrogen and oxygen atoms in total. The minimum Gasteiger partial charge on any atom is -0.359 e. The predicted molar refractivity (Wildman–Crippen MR) is 102 cm³/mol. The normalized spacial score (nSPS) is 17.9. The van der Waals surface area contributed by atoms with Crippen LogP contribution < -0.4 is 10.6 Å². The van der Waals surface area contributed by atoms with Gasteiger partial charge in [-0.2, -0.15) is 4.31 Å². The van der Waals surface area contributed by atoms with Crippen molar-refractivity contribution in [1.82, 2.24) is 19.8 Å². The highest BCUT2D eigenvalue weighted by molar-refractivity contribution is 9.10. The molecule has 1 unspecified atom stereocenters. The molecule has 1 aliphatic rings. The lowest BCUT2D eigenvalue weighted by Gasteiger charge is -2.22. The second-order valence-corrected chi connectivity index (χ2v) is 8.97. The van der Waals surface area contributed by atoms with Gasteiger partial charge in [0.1, 0.15) is 6.23 Å². The third kappa shape index (κ3) is 5.98. The number of nitrogens with one attached hydrogen (secondary N) is 2. The minimum atomic E-state index is -3.77. The number of carbonyl (C=O) groups is 2. The van der Waals surface area contributed by atoms with Gasteiger partial charge in [0, 0.05) is 24.1 Å². The van der Waals surface area contributed by atoms with Gasteiger partial charge in [0.25, 0.3) is 0 Å². The Bertz CT molecular complexity index is 770. The van der Waals surface area contributed by atoms with Crippen molar-refractivity contribution in [3.63, 3.8) is 0 Å². The zero-order valence-electron chi connectivity index (χ0n) is 15.1. The summed E-state index contributed by atoms with van der Waals surface area (Å²) in [6.07, 6.45) is -0.864. The summed E-state index contributed by atoms with van der Waals surface area (Å²) in [5.41, 5.74) is 0. The van der Waals surface area contributed by atoms with Crippen LogP contribution >= 0.6 is 15.9 Å². The Hall–Kier alpha value is -1.53. The lowest BCUT2D eigenvalue weighted by atomic mass is 10.4. The van der Waals surface area contributed by atoms with Gasteiger partial charge in [-0.1, -0.05) is 15.9 Å². The summed E-state index contributed by atoms with van der Waals surface area (Å²) in [6.45, 7) is 1.21. The molecule has 0 aliphatic carbocycles. The standard InChI is InChI=1S/C16H23BrN4O5S/c1-20(2)8-7-18-15(22)16(23)19-11-14-21(9-10-26-14)27(24,25)13-5-3-12(17)4-6-13/h3-6,14H,7-11H2,1-2H3,(H,18,22)(H,19,23). The Morgan fingerprint density at radius 1 is 1.22 bits per heavy atom. The maximum Gasteiger partial charge on any atom is 0.309 e. The van der Waals surface area contributed by atoms with Crippen LogP contribution in [-0.4, -0.2) is 82.5 Å². The Labute approximate surface area is 167 Å². The summed E-state index contributed by atoms with van der Waals surface area (Å²) < 4.78 is 32.9. The highest BCUT2D eigenvalue weighted by Crippen LogP contribution is 2.23. The van der Waals surface area contributed by atoms with Crippen molar-refractivity contribution in [3.05, 3.63) is 28.7 Å². The first kappa shape index (κ1) is 21.8. The average molecular weight is 463 g/mol. The number of benzene rings is 1. The molecule has 27 heavy (non-hydrogen) atoms. The summed E-state index contributed by atoms with van der Waals surface area (Å²) in [7, 11) is -0.0637. The molecular formula is C16H23BrN4O5S. The number of sulfonamides is 1. The van der Waals surface area contributed by atoms with Crippen LogP contribution in [0.3, 0.4) is 0 Å². The van der Waals surface area contributed by atoms with Gasteiger partial charge >= 0.3 is 11.8 Å². The highest BCUT2D eigenvalue weighted by atomic mass is 79.9. The van der Waals surface area contributed by atoms with Crippen LogP contribution in [0.25, 0.3) is 0 Å². The fourth-order valence-corrected chi connectivity index (χ4v) is 4.19. The fourth-order valence-electron chi connectivity index (χ4n) is 2.42. The van der Waals surface area contributed by atoms with Gasteiger partial charge in [0.15, 0.2) is 0 Å². The van der Waals surface area contributed by atoms with E-state index in [0.29, 0.717) is 13.1 Å². The Morgan fingerprint density at radius 3 is 2.48 bits per heavy atom. The number of carbonyl (C=O) groups excluding carboxylic acids is 2. The third-order valence-electron chi connectivity index (χ3n) is 3.85. The smallest absolute Gasteiger partial charge is 0.309 e. The number of amides is 2. The summed E-state index contributed by atoms with van der Waals surface area (Å²) in [5, 5.41) is 4.91. The molecule has 1 heterocycles. The molecule has 1 saturated heterocycles. The SMILES string of the molecule is CN(C)CCNC(=O)C(=O)NCC1OCCN1S(=O)(=O)c1ccc(Br)cc1. The van der Waals surface area contributed by atoms with Gasteiger partial charge in [0.05, 0.1) is 18.0 Å². The molecule has 0 radical (unpaired) electrons. The van der Waals surface area contributed by atoms with Crippen molar-refractivity contribution < 1.29 is 22.7 Å².